The van der Waals surface area contributed by atoms with Crippen molar-refractivity contribution in [2.24, 2.45) is 0 Å². The van der Waals surface area contributed by atoms with E-state index in [9.17, 15) is 5.11 Å². The van der Waals surface area contributed by atoms with E-state index in [4.69, 9.17) is 0 Å². The van der Waals surface area contributed by atoms with Gasteiger partial charge in [-0.3, -0.25) is 0 Å². The Hall–Kier alpha value is -3.01. The monoisotopic (exact) mass is 305 g/mol. The first-order valence-corrected chi connectivity index (χ1v) is 7.48. The molecule has 0 saturated heterocycles. The topological polar surface area (TPSA) is 52.1 Å². The normalized spacial score (nSPS) is 10.6. The molecule has 0 amide bonds. The van der Waals surface area contributed by atoms with Gasteiger partial charge in [-0.2, -0.15) is 0 Å². The van der Waals surface area contributed by atoms with Crippen molar-refractivity contribution in [3.05, 3.63) is 67.8 Å². The average Bonchev–Trinajstić information content (AvgIpc) is 2.99. The number of H-pyrrole nitrogens is 1. The number of para-hydroxylation sites is 2. The number of fused-ring (bicyclic) bond motifs is 1. The third kappa shape index (κ3) is 2.97. The minimum Gasteiger partial charge on any atom is -0.507 e. The Balaban J connectivity index is 2.06. The summed E-state index contributed by atoms with van der Waals surface area (Å²) in [6.07, 6.45) is 3.69. The van der Waals surface area contributed by atoms with Crippen LogP contribution in [0, 0.1) is 0 Å². The number of hydrogen-bond acceptors (Lipinski definition) is 3. The molecule has 1 heterocycles. The third-order valence-corrected chi connectivity index (χ3v) is 3.69. The molecule has 4 nitrogen and oxygen atoms in total. The number of phenols is 1. The number of aromatic nitrogens is 2. The van der Waals surface area contributed by atoms with E-state index >= 15 is 0 Å². The maximum absolute atomic E-state index is 10.2. The van der Waals surface area contributed by atoms with E-state index in [2.05, 4.69) is 28.0 Å². The number of nitrogens with zero attached hydrogens (tertiary/aromatic N) is 2. The standard InChI is InChI=1S/C19H19N3O/c1-3-11-22(12-4-2)14-9-10-18(23)15(13-14)19-20-16-7-5-6-8-17(16)21-19/h3-10,13,23H,1-2,11-12H2,(H,20,21). The molecule has 0 saturated carbocycles. The lowest BCUT2D eigenvalue weighted by molar-refractivity contribution is 0.477. The Bertz CT molecular complexity index is 808. The molecule has 0 aliphatic carbocycles. The van der Waals surface area contributed by atoms with Crippen LogP contribution in [-0.2, 0) is 0 Å². The van der Waals surface area contributed by atoms with Crippen LogP contribution in [0.25, 0.3) is 22.4 Å². The molecule has 0 aliphatic rings. The number of imidazole rings is 1. The van der Waals surface area contributed by atoms with Gasteiger partial charge in [0.05, 0.1) is 16.6 Å². The second-order valence-corrected chi connectivity index (χ2v) is 5.29. The van der Waals surface area contributed by atoms with Crippen LogP contribution in [-0.4, -0.2) is 28.2 Å². The summed E-state index contributed by atoms with van der Waals surface area (Å²) in [5, 5.41) is 10.2. The highest BCUT2D eigenvalue weighted by Crippen LogP contribution is 2.32. The first-order valence-electron chi connectivity index (χ1n) is 7.48. The number of anilines is 1. The van der Waals surface area contributed by atoms with Crippen LogP contribution in [0.2, 0.25) is 0 Å². The molecule has 0 radical (unpaired) electrons. The zero-order valence-electron chi connectivity index (χ0n) is 12.9. The van der Waals surface area contributed by atoms with E-state index in [0.29, 0.717) is 24.5 Å². The predicted molar refractivity (Wildman–Crippen MR) is 95.8 cm³/mol. The SMILES string of the molecule is C=CCN(CC=C)c1ccc(O)c(-c2nc3ccccc3[nH]2)c1. The van der Waals surface area contributed by atoms with Gasteiger partial charge in [-0.15, -0.1) is 13.2 Å². The molecule has 2 N–H and O–H groups in total. The van der Waals surface area contributed by atoms with Gasteiger partial charge in [-0.1, -0.05) is 24.3 Å². The molecular weight excluding hydrogens is 286 g/mol. The van der Waals surface area contributed by atoms with Gasteiger partial charge in [-0.05, 0) is 30.3 Å². The van der Waals surface area contributed by atoms with Crippen molar-refractivity contribution in [1.82, 2.24) is 9.97 Å². The van der Waals surface area contributed by atoms with Crippen molar-refractivity contribution in [2.45, 2.75) is 0 Å². The second kappa shape index (κ2) is 6.40. The third-order valence-electron chi connectivity index (χ3n) is 3.69. The van der Waals surface area contributed by atoms with Crippen LogP contribution in [0.1, 0.15) is 0 Å². The Morgan fingerprint density at radius 2 is 1.83 bits per heavy atom. The molecule has 2 aromatic carbocycles. The van der Waals surface area contributed by atoms with Crippen molar-refractivity contribution < 1.29 is 5.11 Å². The molecule has 0 fully saturated rings. The van der Waals surface area contributed by atoms with Gasteiger partial charge in [0.1, 0.15) is 11.6 Å². The Morgan fingerprint density at radius 3 is 2.52 bits per heavy atom. The fraction of sp³-hybridized carbons (Fsp3) is 0.105. The van der Waals surface area contributed by atoms with E-state index in [0.717, 1.165) is 16.7 Å². The lowest BCUT2D eigenvalue weighted by atomic mass is 10.1. The molecule has 3 aromatic rings. The fourth-order valence-corrected chi connectivity index (χ4v) is 2.59. The van der Waals surface area contributed by atoms with E-state index in [-0.39, 0.29) is 5.75 Å². The number of rotatable bonds is 6. The summed E-state index contributed by atoms with van der Waals surface area (Å²) in [7, 11) is 0. The molecule has 1 aromatic heterocycles. The van der Waals surface area contributed by atoms with Crippen molar-refractivity contribution in [1.29, 1.82) is 0 Å². The van der Waals surface area contributed by atoms with Crippen molar-refractivity contribution in [3.63, 3.8) is 0 Å². The van der Waals surface area contributed by atoms with Gasteiger partial charge < -0.3 is 15.0 Å². The van der Waals surface area contributed by atoms with Crippen LogP contribution < -0.4 is 4.90 Å². The zero-order chi connectivity index (χ0) is 16.2. The number of hydrogen-bond donors (Lipinski definition) is 2. The minimum absolute atomic E-state index is 0.199. The molecule has 0 atom stereocenters. The number of aromatic amines is 1. The largest absolute Gasteiger partial charge is 0.507 e. The van der Waals surface area contributed by atoms with E-state index in [1.54, 1.807) is 6.07 Å². The summed E-state index contributed by atoms with van der Waals surface area (Å²) in [6.45, 7) is 8.99. The van der Waals surface area contributed by atoms with Crippen LogP contribution in [0.3, 0.4) is 0 Å². The average molecular weight is 305 g/mol. The van der Waals surface area contributed by atoms with Crippen molar-refractivity contribution >= 4 is 16.7 Å². The molecule has 116 valence electrons. The molecule has 0 aliphatic heterocycles. The van der Waals surface area contributed by atoms with Gasteiger partial charge in [0.25, 0.3) is 0 Å². The van der Waals surface area contributed by atoms with Crippen LogP contribution in [0.4, 0.5) is 5.69 Å². The molecule has 23 heavy (non-hydrogen) atoms. The highest BCUT2D eigenvalue weighted by Gasteiger charge is 2.12. The number of aromatic hydroxyl groups is 1. The number of nitrogens with one attached hydrogen (secondary N) is 1. The Kier molecular flexibility index (Phi) is 4.15. The molecule has 0 unspecified atom stereocenters. The summed E-state index contributed by atoms with van der Waals surface area (Å²) in [5.74, 6) is 0.854. The van der Waals surface area contributed by atoms with Crippen molar-refractivity contribution in [3.8, 4) is 17.1 Å². The summed E-state index contributed by atoms with van der Waals surface area (Å²) in [5.41, 5.74) is 3.48. The van der Waals surface area contributed by atoms with Crippen LogP contribution in [0.5, 0.6) is 5.75 Å². The quantitative estimate of drug-likeness (QED) is 0.674. The van der Waals surface area contributed by atoms with Gasteiger partial charge in [0.2, 0.25) is 0 Å². The van der Waals surface area contributed by atoms with E-state index in [1.165, 1.54) is 0 Å². The summed E-state index contributed by atoms with van der Waals surface area (Å²) >= 11 is 0. The predicted octanol–water partition coefficient (Wildman–Crippen LogP) is 4.11. The highest BCUT2D eigenvalue weighted by atomic mass is 16.3. The highest BCUT2D eigenvalue weighted by molar-refractivity contribution is 5.81. The molecule has 3 rings (SSSR count). The first-order chi connectivity index (χ1) is 11.2. The van der Waals surface area contributed by atoms with Gasteiger partial charge in [0.15, 0.2) is 0 Å². The molecule has 4 heteroatoms. The minimum atomic E-state index is 0.199. The molecular formula is C19H19N3O. The number of phenolic OH excluding ortho intramolecular Hbond substituents is 1. The Morgan fingerprint density at radius 1 is 1.09 bits per heavy atom. The van der Waals surface area contributed by atoms with Crippen LogP contribution in [0.15, 0.2) is 67.8 Å². The maximum atomic E-state index is 10.2. The van der Waals surface area contributed by atoms with Gasteiger partial charge in [0, 0.05) is 18.8 Å². The fourth-order valence-electron chi connectivity index (χ4n) is 2.59. The van der Waals surface area contributed by atoms with Crippen LogP contribution >= 0.6 is 0 Å². The van der Waals surface area contributed by atoms with Gasteiger partial charge >= 0.3 is 0 Å². The maximum Gasteiger partial charge on any atom is 0.142 e. The lowest BCUT2D eigenvalue weighted by Gasteiger charge is -2.22. The van der Waals surface area contributed by atoms with E-state index in [1.807, 2.05) is 48.6 Å². The smallest absolute Gasteiger partial charge is 0.142 e. The second-order valence-electron chi connectivity index (χ2n) is 5.29. The van der Waals surface area contributed by atoms with Crippen molar-refractivity contribution in [2.75, 3.05) is 18.0 Å². The summed E-state index contributed by atoms with van der Waals surface area (Å²) < 4.78 is 0. The molecule has 0 spiro atoms. The Labute approximate surface area is 135 Å². The van der Waals surface area contributed by atoms with E-state index < -0.39 is 0 Å². The van der Waals surface area contributed by atoms with Gasteiger partial charge in [-0.25, -0.2) is 4.98 Å². The molecule has 0 bridgehead atoms. The summed E-state index contributed by atoms with van der Waals surface area (Å²) in [6, 6.07) is 13.3. The number of benzene rings is 2. The summed E-state index contributed by atoms with van der Waals surface area (Å²) in [4.78, 5) is 9.93. The first kappa shape index (κ1) is 14.9. The lowest BCUT2D eigenvalue weighted by Crippen LogP contribution is -2.22. The zero-order valence-corrected chi connectivity index (χ0v) is 12.9.